The van der Waals surface area contributed by atoms with Crippen molar-refractivity contribution in [3.05, 3.63) is 70.0 Å². The maximum atomic E-state index is 13.8. The van der Waals surface area contributed by atoms with Gasteiger partial charge in [-0.25, -0.2) is 22.0 Å². The summed E-state index contributed by atoms with van der Waals surface area (Å²) in [5, 5.41) is 11.4. The summed E-state index contributed by atoms with van der Waals surface area (Å²) in [6.07, 6.45) is 0. The first-order valence-corrected chi connectivity index (χ1v) is 6.76. The summed E-state index contributed by atoms with van der Waals surface area (Å²) in [6, 6.07) is 1.32. The molecule has 0 saturated heterocycles. The van der Waals surface area contributed by atoms with Gasteiger partial charge < -0.3 is 10.4 Å². The summed E-state index contributed by atoms with van der Waals surface area (Å²) in [6.45, 7) is 0.507. The maximum Gasteiger partial charge on any atom is 0.254 e. The van der Waals surface area contributed by atoms with Crippen molar-refractivity contribution >= 4 is 5.91 Å². The molecular formula is C16H12F5NO2. The molecule has 0 spiro atoms. The van der Waals surface area contributed by atoms with Gasteiger partial charge in [-0.1, -0.05) is 0 Å². The van der Waals surface area contributed by atoms with Crippen LogP contribution in [0.1, 0.15) is 27.5 Å². The van der Waals surface area contributed by atoms with Crippen molar-refractivity contribution in [3.63, 3.8) is 0 Å². The van der Waals surface area contributed by atoms with Gasteiger partial charge in [0.1, 0.15) is 11.6 Å². The van der Waals surface area contributed by atoms with E-state index in [9.17, 15) is 31.9 Å². The van der Waals surface area contributed by atoms with E-state index in [-0.39, 0.29) is 11.1 Å². The summed E-state index contributed by atoms with van der Waals surface area (Å²) in [5.41, 5.74) is -0.916. The van der Waals surface area contributed by atoms with Gasteiger partial charge in [-0.2, -0.15) is 0 Å². The number of aliphatic hydroxyl groups is 1. The van der Waals surface area contributed by atoms with Crippen LogP contribution in [0, 0.1) is 36.0 Å². The number of nitrogens with one attached hydrogen (secondary N) is 1. The molecule has 0 aromatic heterocycles. The van der Waals surface area contributed by atoms with Crippen LogP contribution in [0.15, 0.2) is 24.3 Å². The zero-order chi connectivity index (χ0) is 18.0. The van der Waals surface area contributed by atoms with Gasteiger partial charge in [0.15, 0.2) is 17.5 Å². The molecule has 2 N–H and O–H groups in total. The summed E-state index contributed by atoms with van der Waals surface area (Å²) < 4.78 is 66.7. The van der Waals surface area contributed by atoms with Crippen LogP contribution in [0.25, 0.3) is 0 Å². The molecule has 1 atom stereocenters. The first kappa shape index (κ1) is 17.9. The van der Waals surface area contributed by atoms with Gasteiger partial charge >= 0.3 is 0 Å². The molecule has 8 heteroatoms. The van der Waals surface area contributed by atoms with Crippen molar-refractivity contribution in [2.75, 3.05) is 6.61 Å². The fourth-order valence-corrected chi connectivity index (χ4v) is 2.07. The molecule has 0 bridgehead atoms. The van der Waals surface area contributed by atoms with Gasteiger partial charge in [0.25, 0.3) is 5.91 Å². The van der Waals surface area contributed by atoms with Crippen molar-refractivity contribution in [2.24, 2.45) is 0 Å². The number of aryl methyl sites for hydroxylation is 1. The minimum atomic E-state index is -1.70. The van der Waals surface area contributed by atoms with Gasteiger partial charge in [-0.05, 0) is 42.3 Å². The number of aliphatic hydroxyl groups excluding tert-OH is 1. The Morgan fingerprint density at radius 3 is 2.12 bits per heavy atom. The predicted octanol–water partition coefficient (Wildman–Crippen LogP) is 3.15. The predicted molar refractivity (Wildman–Crippen MR) is 74.7 cm³/mol. The Kier molecular flexibility index (Phi) is 5.18. The molecule has 3 nitrogen and oxygen atoms in total. The van der Waals surface area contributed by atoms with E-state index in [0.29, 0.717) is 18.2 Å². The summed E-state index contributed by atoms with van der Waals surface area (Å²) >= 11 is 0. The van der Waals surface area contributed by atoms with E-state index in [4.69, 9.17) is 0 Å². The number of rotatable bonds is 4. The summed E-state index contributed by atoms with van der Waals surface area (Å²) in [5.74, 6) is -7.64. The number of carbonyl (C=O) groups excluding carboxylic acids is 1. The van der Waals surface area contributed by atoms with E-state index < -0.39 is 53.2 Å². The monoisotopic (exact) mass is 345 g/mol. The molecule has 1 amide bonds. The molecule has 0 aliphatic carbocycles. The standard InChI is InChI=1S/C16H12F5NO2/c1-7-2-11(18)9(5-10(7)17)16(24)22-14(6-23)8-3-12(19)15(21)13(20)4-8/h2-5,14,23H,6H2,1H3,(H,22,24). The van der Waals surface area contributed by atoms with Crippen LogP contribution in [0.3, 0.4) is 0 Å². The molecule has 1 unspecified atom stereocenters. The fraction of sp³-hybridized carbons (Fsp3) is 0.188. The van der Waals surface area contributed by atoms with Crippen LogP contribution < -0.4 is 5.32 Å². The number of halogens is 5. The lowest BCUT2D eigenvalue weighted by Gasteiger charge is -2.17. The largest absolute Gasteiger partial charge is 0.394 e. The highest BCUT2D eigenvalue weighted by Crippen LogP contribution is 2.21. The highest BCUT2D eigenvalue weighted by molar-refractivity contribution is 5.94. The van der Waals surface area contributed by atoms with Crippen molar-refractivity contribution in [3.8, 4) is 0 Å². The molecular weight excluding hydrogens is 333 g/mol. The Balaban J connectivity index is 2.31. The molecule has 128 valence electrons. The Hall–Kier alpha value is -2.48. The van der Waals surface area contributed by atoms with Gasteiger partial charge in [0.2, 0.25) is 0 Å². The highest BCUT2D eigenvalue weighted by atomic mass is 19.2. The van der Waals surface area contributed by atoms with Crippen molar-refractivity contribution in [1.82, 2.24) is 5.32 Å². The molecule has 0 aliphatic rings. The van der Waals surface area contributed by atoms with E-state index in [2.05, 4.69) is 5.32 Å². The number of carbonyl (C=O) groups is 1. The minimum Gasteiger partial charge on any atom is -0.394 e. The normalized spacial score (nSPS) is 12.1. The van der Waals surface area contributed by atoms with Crippen molar-refractivity contribution < 1.29 is 31.9 Å². The lowest BCUT2D eigenvalue weighted by atomic mass is 10.1. The maximum absolute atomic E-state index is 13.8. The Morgan fingerprint density at radius 1 is 1.00 bits per heavy atom. The average Bonchev–Trinajstić information content (AvgIpc) is 2.53. The van der Waals surface area contributed by atoms with Crippen LogP contribution in [-0.2, 0) is 0 Å². The summed E-state index contributed by atoms with van der Waals surface area (Å²) in [7, 11) is 0. The number of hydrogen-bond acceptors (Lipinski definition) is 2. The topological polar surface area (TPSA) is 49.3 Å². The Morgan fingerprint density at radius 2 is 1.58 bits per heavy atom. The van der Waals surface area contributed by atoms with Gasteiger partial charge in [0.05, 0.1) is 18.2 Å². The summed E-state index contributed by atoms with van der Waals surface area (Å²) in [4.78, 5) is 12.0. The Bertz CT molecular complexity index is 771. The average molecular weight is 345 g/mol. The van der Waals surface area contributed by atoms with Crippen LogP contribution in [0.4, 0.5) is 22.0 Å². The van der Waals surface area contributed by atoms with E-state index in [0.717, 1.165) is 6.07 Å². The lowest BCUT2D eigenvalue weighted by molar-refractivity contribution is 0.0911. The fourth-order valence-electron chi connectivity index (χ4n) is 2.07. The molecule has 0 fully saturated rings. The van der Waals surface area contributed by atoms with E-state index in [1.165, 1.54) is 6.92 Å². The lowest BCUT2D eigenvalue weighted by Crippen LogP contribution is -2.31. The van der Waals surface area contributed by atoms with E-state index in [1.54, 1.807) is 0 Å². The molecule has 0 saturated carbocycles. The molecule has 0 radical (unpaired) electrons. The molecule has 2 rings (SSSR count). The third-order valence-electron chi connectivity index (χ3n) is 3.39. The van der Waals surface area contributed by atoms with Crippen LogP contribution in [-0.4, -0.2) is 17.6 Å². The number of amides is 1. The zero-order valence-electron chi connectivity index (χ0n) is 12.3. The smallest absolute Gasteiger partial charge is 0.254 e. The zero-order valence-corrected chi connectivity index (χ0v) is 12.3. The number of benzene rings is 2. The number of hydrogen-bond donors (Lipinski definition) is 2. The van der Waals surface area contributed by atoms with Crippen molar-refractivity contribution in [2.45, 2.75) is 13.0 Å². The molecule has 0 heterocycles. The van der Waals surface area contributed by atoms with Gasteiger partial charge in [-0.3, -0.25) is 4.79 Å². The first-order chi connectivity index (χ1) is 11.2. The second-order valence-electron chi connectivity index (χ2n) is 5.09. The third-order valence-corrected chi connectivity index (χ3v) is 3.39. The third kappa shape index (κ3) is 3.53. The van der Waals surface area contributed by atoms with Gasteiger partial charge in [0, 0.05) is 0 Å². The van der Waals surface area contributed by atoms with Crippen LogP contribution in [0.5, 0.6) is 0 Å². The second kappa shape index (κ2) is 6.96. The van der Waals surface area contributed by atoms with Crippen molar-refractivity contribution in [1.29, 1.82) is 0 Å². The van der Waals surface area contributed by atoms with Crippen LogP contribution in [0.2, 0.25) is 0 Å². The van der Waals surface area contributed by atoms with E-state index in [1.807, 2.05) is 0 Å². The SMILES string of the molecule is Cc1cc(F)c(C(=O)NC(CO)c2cc(F)c(F)c(F)c2)cc1F. The molecule has 24 heavy (non-hydrogen) atoms. The van der Waals surface area contributed by atoms with Crippen LogP contribution >= 0.6 is 0 Å². The van der Waals surface area contributed by atoms with Gasteiger partial charge in [-0.15, -0.1) is 0 Å². The quantitative estimate of drug-likeness (QED) is 0.661. The highest BCUT2D eigenvalue weighted by Gasteiger charge is 2.21. The molecule has 2 aromatic carbocycles. The minimum absolute atomic E-state index is 0.00886. The molecule has 0 aliphatic heterocycles. The van der Waals surface area contributed by atoms with E-state index >= 15 is 0 Å². The Labute approximate surface area is 133 Å². The molecule has 2 aromatic rings. The first-order valence-electron chi connectivity index (χ1n) is 6.76. The second-order valence-corrected chi connectivity index (χ2v) is 5.09.